The van der Waals surface area contributed by atoms with E-state index in [1.165, 1.54) is 13.3 Å². The number of carbonyl (C=O) groups is 2. The number of nitrogens with one attached hydrogen (secondary N) is 2. The minimum atomic E-state index is -0.478. The molecule has 0 spiro atoms. The van der Waals surface area contributed by atoms with Gasteiger partial charge in [-0.25, -0.2) is 10.2 Å². The lowest BCUT2D eigenvalue weighted by molar-refractivity contribution is -0.119. The van der Waals surface area contributed by atoms with Gasteiger partial charge in [-0.1, -0.05) is 30.3 Å². The third-order valence-electron chi connectivity index (χ3n) is 4.27. The molecule has 0 saturated heterocycles. The van der Waals surface area contributed by atoms with E-state index < -0.39 is 5.97 Å². The summed E-state index contributed by atoms with van der Waals surface area (Å²) < 4.78 is 10.7. The van der Waals surface area contributed by atoms with E-state index in [-0.39, 0.29) is 12.5 Å². The van der Waals surface area contributed by atoms with Crippen LogP contribution in [0.4, 0.5) is 5.69 Å². The van der Waals surface area contributed by atoms with E-state index in [1.807, 2.05) is 37.3 Å². The van der Waals surface area contributed by atoms with Crippen LogP contribution < -0.4 is 20.2 Å². The van der Waals surface area contributed by atoms with Crippen LogP contribution in [0.3, 0.4) is 0 Å². The number of aryl methyl sites for hydroxylation is 1. The van der Waals surface area contributed by atoms with E-state index in [0.717, 1.165) is 11.3 Å². The van der Waals surface area contributed by atoms with Crippen LogP contribution in [-0.4, -0.2) is 31.7 Å². The minimum absolute atomic E-state index is 0.0957. The quantitative estimate of drug-likeness (QED) is 0.252. The molecule has 7 nitrogen and oxygen atoms in total. The summed E-state index contributed by atoms with van der Waals surface area (Å²) in [6.45, 7) is 2.08. The van der Waals surface area contributed by atoms with Crippen molar-refractivity contribution < 1.29 is 19.1 Å². The molecule has 7 heteroatoms. The van der Waals surface area contributed by atoms with Crippen LogP contribution in [0.2, 0.25) is 0 Å². The molecule has 3 rings (SSSR count). The van der Waals surface area contributed by atoms with Crippen molar-refractivity contribution in [2.75, 3.05) is 19.0 Å². The summed E-state index contributed by atoms with van der Waals surface area (Å²) in [6, 6.07) is 21.4. The second kappa shape index (κ2) is 10.6. The molecule has 3 aromatic carbocycles. The Hall–Kier alpha value is -4.13. The number of hydrogen-bond acceptors (Lipinski definition) is 6. The highest BCUT2D eigenvalue weighted by molar-refractivity contribution is 5.91. The Morgan fingerprint density at radius 2 is 1.77 bits per heavy atom. The van der Waals surface area contributed by atoms with E-state index in [2.05, 4.69) is 15.8 Å². The average molecular weight is 417 g/mol. The molecule has 1 amide bonds. The fourth-order valence-corrected chi connectivity index (χ4v) is 2.74. The molecule has 0 aliphatic carbocycles. The van der Waals surface area contributed by atoms with Crippen molar-refractivity contribution in [1.29, 1.82) is 0 Å². The van der Waals surface area contributed by atoms with Gasteiger partial charge in [0.15, 0.2) is 11.5 Å². The number of anilines is 1. The van der Waals surface area contributed by atoms with E-state index in [9.17, 15) is 9.59 Å². The molecular weight excluding hydrogens is 394 g/mol. The van der Waals surface area contributed by atoms with Crippen LogP contribution in [0.25, 0.3) is 0 Å². The summed E-state index contributed by atoms with van der Waals surface area (Å²) in [7, 11) is 1.48. The summed E-state index contributed by atoms with van der Waals surface area (Å²) in [5.41, 5.74) is 5.55. The predicted octanol–water partition coefficient (Wildman–Crippen LogP) is 3.79. The molecule has 0 radical (unpaired) electrons. The van der Waals surface area contributed by atoms with Crippen LogP contribution >= 0.6 is 0 Å². The van der Waals surface area contributed by atoms with Crippen molar-refractivity contribution in [3.63, 3.8) is 0 Å². The van der Waals surface area contributed by atoms with E-state index in [1.54, 1.807) is 42.5 Å². The molecule has 0 saturated carbocycles. The Balaban J connectivity index is 1.55. The lowest BCUT2D eigenvalue weighted by Crippen LogP contribution is -2.25. The summed E-state index contributed by atoms with van der Waals surface area (Å²) >= 11 is 0. The first kappa shape index (κ1) is 21.6. The number of benzene rings is 3. The van der Waals surface area contributed by atoms with Gasteiger partial charge in [0, 0.05) is 5.69 Å². The van der Waals surface area contributed by atoms with Gasteiger partial charge in [-0.3, -0.25) is 4.79 Å². The van der Waals surface area contributed by atoms with E-state index >= 15 is 0 Å². The predicted molar refractivity (Wildman–Crippen MR) is 120 cm³/mol. The Bertz CT molecular complexity index is 1080. The molecule has 0 unspecified atom stereocenters. The summed E-state index contributed by atoms with van der Waals surface area (Å²) in [5.74, 6) is -0.0904. The monoisotopic (exact) mass is 417 g/mol. The molecule has 3 aromatic rings. The van der Waals surface area contributed by atoms with Gasteiger partial charge in [0.2, 0.25) is 0 Å². The fourth-order valence-electron chi connectivity index (χ4n) is 2.74. The maximum atomic E-state index is 12.2. The van der Waals surface area contributed by atoms with Gasteiger partial charge in [0.05, 0.1) is 25.4 Å². The smallest absolute Gasteiger partial charge is 0.343 e. The van der Waals surface area contributed by atoms with Crippen LogP contribution in [0.5, 0.6) is 11.5 Å². The second-order valence-corrected chi connectivity index (χ2v) is 6.68. The van der Waals surface area contributed by atoms with Gasteiger partial charge in [-0.15, -0.1) is 0 Å². The maximum absolute atomic E-state index is 12.2. The van der Waals surface area contributed by atoms with Crippen molar-refractivity contribution in [1.82, 2.24) is 5.43 Å². The van der Waals surface area contributed by atoms with Crippen molar-refractivity contribution in [2.24, 2.45) is 5.10 Å². The van der Waals surface area contributed by atoms with Crippen molar-refractivity contribution in [3.8, 4) is 11.5 Å². The number of esters is 1. The highest BCUT2D eigenvalue weighted by Gasteiger charge is 2.12. The number of ether oxygens (including phenoxy) is 2. The van der Waals surface area contributed by atoms with Crippen LogP contribution in [0, 0.1) is 6.92 Å². The molecule has 0 aromatic heterocycles. The normalized spacial score (nSPS) is 10.5. The molecule has 0 aliphatic heterocycles. The zero-order valence-electron chi connectivity index (χ0n) is 17.3. The van der Waals surface area contributed by atoms with Gasteiger partial charge < -0.3 is 14.8 Å². The Morgan fingerprint density at radius 1 is 0.968 bits per heavy atom. The molecule has 0 aliphatic rings. The molecule has 2 N–H and O–H groups in total. The first-order valence-corrected chi connectivity index (χ1v) is 9.63. The Labute approximate surface area is 180 Å². The number of methoxy groups -OCH3 is 1. The van der Waals surface area contributed by atoms with Crippen LogP contribution in [0.15, 0.2) is 77.9 Å². The summed E-state index contributed by atoms with van der Waals surface area (Å²) in [4.78, 5) is 24.2. The molecule has 0 bridgehead atoms. The zero-order chi connectivity index (χ0) is 22.1. The zero-order valence-corrected chi connectivity index (χ0v) is 17.3. The molecule has 31 heavy (non-hydrogen) atoms. The maximum Gasteiger partial charge on any atom is 0.343 e. The van der Waals surface area contributed by atoms with E-state index in [0.29, 0.717) is 22.6 Å². The summed E-state index contributed by atoms with van der Waals surface area (Å²) in [5, 5.41) is 6.99. The third-order valence-corrected chi connectivity index (χ3v) is 4.27. The van der Waals surface area contributed by atoms with Crippen LogP contribution in [-0.2, 0) is 4.79 Å². The summed E-state index contributed by atoms with van der Waals surface area (Å²) in [6.07, 6.45) is 1.48. The van der Waals surface area contributed by atoms with Gasteiger partial charge in [-0.05, 0) is 60.5 Å². The highest BCUT2D eigenvalue weighted by atomic mass is 16.6. The molecule has 0 atom stereocenters. The number of nitrogens with zero attached hydrogens (tertiary/aromatic N) is 1. The molecule has 158 valence electrons. The van der Waals surface area contributed by atoms with Crippen molar-refractivity contribution in [3.05, 3.63) is 89.5 Å². The van der Waals surface area contributed by atoms with Crippen LogP contribution in [0.1, 0.15) is 21.5 Å². The third kappa shape index (κ3) is 6.43. The molecule has 0 heterocycles. The van der Waals surface area contributed by atoms with Crippen molar-refractivity contribution in [2.45, 2.75) is 6.92 Å². The Morgan fingerprint density at radius 3 is 2.52 bits per heavy atom. The van der Waals surface area contributed by atoms with Gasteiger partial charge in [0.1, 0.15) is 0 Å². The average Bonchev–Trinajstić information content (AvgIpc) is 2.79. The highest BCUT2D eigenvalue weighted by Crippen LogP contribution is 2.28. The Kier molecular flexibility index (Phi) is 7.37. The van der Waals surface area contributed by atoms with Gasteiger partial charge in [-0.2, -0.15) is 5.10 Å². The standard InChI is InChI=1S/C24H23N3O4/c1-17-7-6-10-20(13-17)25-16-23(28)27-26-15-18-11-12-21(22(14-18)30-2)31-24(29)19-8-4-3-5-9-19/h3-15,25H,16H2,1-2H3,(H,27,28)/b26-15-. The fraction of sp³-hybridized carbons (Fsp3) is 0.125. The first-order valence-electron chi connectivity index (χ1n) is 9.63. The lowest BCUT2D eigenvalue weighted by atomic mass is 10.2. The van der Waals surface area contributed by atoms with Gasteiger partial charge >= 0.3 is 5.97 Å². The number of hydrazone groups is 1. The number of hydrogen-bond donors (Lipinski definition) is 2. The second-order valence-electron chi connectivity index (χ2n) is 6.68. The SMILES string of the molecule is COc1cc(/C=N\NC(=O)CNc2cccc(C)c2)ccc1OC(=O)c1ccccc1. The molecule has 0 fully saturated rings. The van der Waals surface area contributed by atoms with Crippen molar-refractivity contribution >= 4 is 23.8 Å². The minimum Gasteiger partial charge on any atom is -0.493 e. The molecular formula is C24H23N3O4. The number of amides is 1. The largest absolute Gasteiger partial charge is 0.493 e. The first-order chi connectivity index (χ1) is 15.0. The number of carbonyl (C=O) groups excluding carboxylic acids is 2. The number of rotatable bonds is 8. The lowest BCUT2D eigenvalue weighted by Gasteiger charge is -2.10. The van der Waals surface area contributed by atoms with Gasteiger partial charge in [0.25, 0.3) is 5.91 Å². The topological polar surface area (TPSA) is 89.0 Å². The van der Waals surface area contributed by atoms with E-state index in [4.69, 9.17) is 9.47 Å².